The monoisotopic (exact) mass is 508 g/mol. The Morgan fingerprint density at radius 3 is 2.88 bits per heavy atom. The van der Waals surface area contributed by atoms with Crippen molar-refractivity contribution in [3.8, 4) is 0 Å². The molecule has 1 aromatic heterocycles. The molecule has 1 aliphatic heterocycles. The van der Waals surface area contributed by atoms with Crippen LogP contribution in [-0.2, 0) is 25.9 Å². The number of rotatable bonds is 6. The maximum atomic E-state index is 6.20. The van der Waals surface area contributed by atoms with Gasteiger partial charge in [-0.05, 0) is 37.0 Å². The number of hydrogen-bond acceptors (Lipinski definition) is 3. The lowest BCUT2D eigenvalue weighted by Crippen LogP contribution is -2.38. The first-order valence-corrected chi connectivity index (χ1v) is 9.22. The molecule has 1 aliphatic rings. The van der Waals surface area contributed by atoms with Crippen LogP contribution in [-0.4, -0.2) is 34.3 Å². The van der Waals surface area contributed by atoms with Gasteiger partial charge in [-0.15, -0.1) is 34.2 Å². The molecule has 0 saturated heterocycles. The van der Waals surface area contributed by atoms with Gasteiger partial charge in [-0.2, -0.15) is 0 Å². The van der Waals surface area contributed by atoms with Crippen LogP contribution >= 0.6 is 47.2 Å². The Balaban J connectivity index is 0.00000243. The summed E-state index contributed by atoms with van der Waals surface area (Å²) in [5.74, 6) is 2.81. The number of aromatic nitrogens is 3. The van der Waals surface area contributed by atoms with Crippen LogP contribution in [0.15, 0.2) is 23.2 Å². The van der Waals surface area contributed by atoms with Crippen molar-refractivity contribution in [2.45, 2.75) is 38.8 Å². The molecule has 6 nitrogen and oxygen atoms in total. The average molecular weight is 509 g/mol. The van der Waals surface area contributed by atoms with Crippen LogP contribution in [0.25, 0.3) is 0 Å². The lowest BCUT2D eigenvalue weighted by Gasteiger charge is -2.12. The molecular formula is C17H23Cl2IN6. The van der Waals surface area contributed by atoms with Crippen molar-refractivity contribution in [1.29, 1.82) is 0 Å². The molecule has 2 heterocycles. The number of benzene rings is 1. The molecule has 26 heavy (non-hydrogen) atoms. The van der Waals surface area contributed by atoms with Crippen LogP contribution < -0.4 is 10.6 Å². The summed E-state index contributed by atoms with van der Waals surface area (Å²) < 4.78 is 2.18. The molecule has 3 rings (SSSR count). The van der Waals surface area contributed by atoms with E-state index in [1.165, 1.54) is 0 Å². The Kier molecular flexibility index (Phi) is 8.43. The Bertz CT molecular complexity index is 762. The summed E-state index contributed by atoms with van der Waals surface area (Å²) in [6.07, 6.45) is 4.01. The van der Waals surface area contributed by atoms with Crippen molar-refractivity contribution in [2.24, 2.45) is 4.99 Å². The summed E-state index contributed by atoms with van der Waals surface area (Å²) >= 11 is 12.1. The van der Waals surface area contributed by atoms with Crippen molar-refractivity contribution < 1.29 is 0 Å². The van der Waals surface area contributed by atoms with E-state index in [-0.39, 0.29) is 24.0 Å². The molecular weight excluding hydrogens is 486 g/mol. The highest BCUT2D eigenvalue weighted by molar-refractivity contribution is 14.0. The molecule has 2 N–H and O–H groups in total. The molecule has 1 aromatic carbocycles. The minimum atomic E-state index is 0. The second-order valence-electron chi connectivity index (χ2n) is 5.98. The van der Waals surface area contributed by atoms with Gasteiger partial charge in [-0.1, -0.05) is 29.3 Å². The normalized spacial score (nSPS) is 13.3. The second-order valence-corrected chi connectivity index (χ2v) is 6.82. The lowest BCUT2D eigenvalue weighted by atomic mass is 10.1. The van der Waals surface area contributed by atoms with E-state index in [0.29, 0.717) is 11.6 Å². The van der Waals surface area contributed by atoms with Crippen molar-refractivity contribution >= 4 is 53.1 Å². The highest BCUT2D eigenvalue weighted by Gasteiger charge is 2.16. The summed E-state index contributed by atoms with van der Waals surface area (Å²) in [7, 11) is 1.76. The van der Waals surface area contributed by atoms with E-state index < -0.39 is 0 Å². The fraction of sp³-hybridized carbons (Fsp3) is 0.471. The van der Waals surface area contributed by atoms with Gasteiger partial charge >= 0.3 is 0 Å². The molecule has 9 heteroatoms. The summed E-state index contributed by atoms with van der Waals surface area (Å²) in [5.41, 5.74) is 1.11. The number of nitrogens with one attached hydrogen (secondary N) is 2. The molecule has 2 aromatic rings. The Morgan fingerprint density at radius 2 is 2.12 bits per heavy atom. The van der Waals surface area contributed by atoms with Gasteiger partial charge in [-0.3, -0.25) is 4.99 Å². The van der Waals surface area contributed by atoms with Gasteiger partial charge in [0.05, 0.1) is 6.54 Å². The first kappa shape index (κ1) is 21.2. The van der Waals surface area contributed by atoms with Gasteiger partial charge in [-0.25, -0.2) is 0 Å². The zero-order valence-corrected chi connectivity index (χ0v) is 18.5. The standard InChI is InChI=1S/C17H22Cl2N6.HI/c1-20-17(22-11-16-24-23-15-5-3-9-25(15)16)21-8-2-4-12-6-7-13(18)10-14(12)19;/h6-7,10H,2-5,8-9,11H2,1H3,(H2,20,21,22);1H. The number of aliphatic imine (C=N–C) groups is 1. The molecule has 0 radical (unpaired) electrons. The Labute approximate surface area is 180 Å². The number of fused-ring (bicyclic) bond motifs is 1. The first-order valence-electron chi connectivity index (χ1n) is 8.47. The molecule has 0 atom stereocenters. The minimum absolute atomic E-state index is 0. The van der Waals surface area contributed by atoms with Crippen molar-refractivity contribution in [3.05, 3.63) is 45.5 Å². The quantitative estimate of drug-likeness (QED) is 0.271. The van der Waals surface area contributed by atoms with Gasteiger partial charge in [0.25, 0.3) is 0 Å². The van der Waals surface area contributed by atoms with E-state index in [1.807, 2.05) is 12.1 Å². The van der Waals surface area contributed by atoms with Crippen LogP contribution in [0.5, 0.6) is 0 Å². The Morgan fingerprint density at radius 1 is 1.27 bits per heavy atom. The van der Waals surface area contributed by atoms with Crippen molar-refractivity contribution in [2.75, 3.05) is 13.6 Å². The average Bonchev–Trinajstić information content (AvgIpc) is 3.20. The minimum Gasteiger partial charge on any atom is -0.356 e. The first-order chi connectivity index (χ1) is 12.2. The number of halogens is 3. The van der Waals surface area contributed by atoms with E-state index in [2.05, 4.69) is 30.4 Å². The van der Waals surface area contributed by atoms with Gasteiger partial charge in [0.15, 0.2) is 11.8 Å². The predicted octanol–water partition coefficient (Wildman–Crippen LogP) is 3.45. The topological polar surface area (TPSA) is 67.1 Å². The van der Waals surface area contributed by atoms with Gasteiger partial charge in [0.2, 0.25) is 0 Å². The predicted molar refractivity (Wildman–Crippen MR) is 117 cm³/mol. The lowest BCUT2D eigenvalue weighted by molar-refractivity contribution is 0.660. The van der Waals surface area contributed by atoms with E-state index in [0.717, 1.165) is 67.0 Å². The molecule has 142 valence electrons. The number of hydrogen-bond donors (Lipinski definition) is 2. The number of nitrogens with zero attached hydrogens (tertiary/aromatic N) is 4. The van der Waals surface area contributed by atoms with E-state index >= 15 is 0 Å². The molecule has 0 aliphatic carbocycles. The second kappa shape index (κ2) is 10.3. The van der Waals surface area contributed by atoms with Crippen LogP contribution in [0, 0.1) is 0 Å². The summed E-state index contributed by atoms with van der Waals surface area (Å²) in [6.45, 7) is 2.43. The number of aryl methyl sites for hydroxylation is 2. The smallest absolute Gasteiger partial charge is 0.191 e. The zero-order valence-electron chi connectivity index (χ0n) is 14.6. The van der Waals surface area contributed by atoms with Crippen molar-refractivity contribution in [3.63, 3.8) is 0 Å². The van der Waals surface area contributed by atoms with Crippen LogP contribution in [0.3, 0.4) is 0 Å². The number of guanidine groups is 1. The molecule has 0 spiro atoms. The SMILES string of the molecule is CN=C(NCCCc1ccc(Cl)cc1Cl)NCc1nnc2n1CCC2.I. The summed E-state index contributed by atoms with van der Waals surface area (Å²) in [4.78, 5) is 4.25. The fourth-order valence-corrected chi connectivity index (χ4v) is 3.44. The maximum Gasteiger partial charge on any atom is 0.191 e. The van der Waals surface area contributed by atoms with Gasteiger partial charge < -0.3 is 15.2 Å². The molecule has 0 bridgehead atoms. The highest BCUT2D eigenvalue weighted by Crippen LogP contribution is 2.21. The van der Waals surface area contributed by atoms with Gasteiger partial charge in [0, 0.05) is 36.6 Å². The van der Waals surface area contributed by atoms with E-state index in [1.54, 1.807) is 13.1 Å². The van der Waals surface area contributed by atoms with Gasteiger partial charge in [0.1, 0.15) is 5.82 Å². The van der Waals surface area contributed by atoms with Crippen LogP contribution in [0.4, 0.5) is 0 Å². The summed E-state index contributed by atoms with van der Waals surface area (Å²) in [6, 6.07) is 5.63. The third-order valence-electron chi connectivity index (χ3n) is 4.25. The van der Waals surface area contributed by atoms with Crippen molar-refractivity contribution in [1.82, 2.24) is 25.4 Å². The van der Waals surface area contributed by atoms with E-state index in [4.69, 9.17) is 23.2 Å². The third-order valence-corrected chi connectivity index (χ3v) is 4.84. The van der Waals surface area contributed by atoms with Crippen LogP contribution in [0.2, 0.25) is 10.0 Å². The molecule has 0 saturated carbocycles. The molecule has 0 unspecified atom stereocenters. The fourth-order valence-electron chi connectivity index (χ4n) is 2.93. The summed E-state index contributed by atoms with van der Waals surface area (Å²) in [5, 5.41) is 16.4. The maximum absolute atomic E-state index is 6.20. The Hall–Kier alpha value is -1.06. The largest absolute Gasteiger partial charge is 0.356 e. The zero-order chi connectivity index (χ0) is 17.6. The van der Waals surface area contributed by atoms with E-state index in [9.17, 15) is 0 Å². The van der Waals surface area contributed by atoms with Crippen LogP contribution in [0.1, 0.15) is 30.1 Å². The molecule has 0 amide bonds. The third kappa shape index (κ3) is 5.47. The molecule has 0 fully saturated rings. The highest BCUT2D eigenvalue weighted by atomic mass is 127.